The van der Waals surface area contributed by atoms with Gasteiger partial charge in [-0.2, -0.15) is 0 Å². The minimum Gasteiger partial charge on any atom is -0.493 e. The van der Waals surface area contributed by atoms with Gasteiger partial charge < -0.3 is 15.0 Å². The van der Waals surface area contributed by atoms with Crippen LogP contribution in [0.4, 0.5) is 5.13 Å². The number of ether oxygens (including phenoxy) is 1. The Hall–Kier alpha value is -2.41. The third-order valence-corrected chi connectivity index (χ3v) is 6.41. The number of carbonyl (C=O) groups is 2. The van der Waals surface area contributed by atoms with E-state index in [-0.39, 0.29) is 11.8 Å². The lowest BCUT2D eigenvalue weighted by Gasteiger charge is -2.30. The predicted octanol–water partition coefficient (Wildman–Crippen LogP) is 6.16. The molecule has 7 heteroatoms. The van der Waals surface area contributed by atoms with Crippen LogP contribution in [0.3, 0.4) is 0 Å². The van der Waals surface area contributed by atoms with Gasteiger partial charge in [-0.05, 0) is 60.9 Å². The number of nitrogens with one attached hydrogen (secondary N) is 1. The van der Waals surface area contributed by atoms with Gasteiger partial charge >= 0.3 is 0 Å². The summed E-state index contributed by atoms with van der Waals surface area (Å²) in [6.07, 6.45) is 7.37. The molecule has 1 aliphatic rings. The van der Waals surface area contributed by atoms with Crippen LogP contribution in [0.2, 0.25) is 0 Å². The van der Waals surface area contributed by atoms with Crippen LogP contribution in [0.1, 0.15) is 72.3 Å². The molecule has 1 N–H and O–H groups in total. The first-order valence-electron chi connectivity index (χ1n) is 12.1. The molecule has 1 saturated heterocycles. The molecule has 0 atom stereocenters. The molecule has 2 aromatic rings. The maximum Gasteiger partial charge on any atom is 0.223 e. The second kappa shape index (κ2) is 14.0. The van der Waals surface area contributed by atoms with E-state index in [4.69, 9.17) is 4.74 Å². The quantitative estimate of drug-likeness (QED) is 0.466. The molecule has 1 fully saturated rings. The van der Waals surface area contributed by atoms with Crippen molar-refractivity contribution in [3.05, 3.63) is 30.0 Å². The molecule has 33 heavy (non-hydrogen) atoms. The highest BCUT2D eigenvalue weighted by Crippen LogP contribution is 2.32. The van der Waals surface area contributed by atoms with E-state index in [1.165, 1.54) is 24.7 Å². The molecule has 0 bridgehead atoms. The zero-order chi connectivity index (χ0) is 24.2. The first kappa shape index (κ1) is 26.8. The van der Waals surface area contributed by atoms with Crippen molar-refractivity contribution in [3.63, 3.8) is 0 Å². The number of carbonyl (C=O) groups excluding carboxylic acids is 2. The van der Waals surface area contributed by atoms with Gasteiger partial charge in [0.2, 0.25) is 11.8 Å². The third-order valence-electron chi connectivity index (χ3n) is 5.44. The minimum atomic E-state index is -0.123. The molecule has 0 saturated carbocycles. The van der Waals surface area contributed by atoms with Gasteiger partial charge in [-0.1, -0.05) is 45.5 Å². The molecule has 1 aliphatic heterocycles. The average molecular weight is 474 g/mol. The first-order valence-corrected chi connectivity index (χ1v) is 13.0. The Morgan fingerprint density at radius 2 is 1.91 bits per heavy atom. The molecular formula is C26H39N3O3S. The SMILES string of the molecule is CCC.CCc1cc(-c2cnc(NC(C)=O)s2)ccc1OCCCC(=O)N1CCC(C)CC1. The van der Waals surface area contributed by atoms with Crippen LogP contribution in [0.15, 0.2) is 24.4 Å². The smallest absolute Gasteiger partial charge is 0.223 e. The maximum atomic E-state index is 12.3. The summed E-state index contributed by atoms with van der Waals surface area (Å²) in [5.41, 5.74) is 2.18. The molecule has 0 spiro atoms. The molecule has 1 aromatic heterocycles. The van der Waals surface area contributed by atoms with Crippen LogP contribution in [0.5, 0.6) is 5.75 Å². The van der Waals surface area contributed by atoms with Gasteiger partial charge in [0.15, 0.2) is 5.13 Å². The van der Waals surface area contributed by atoms with Gasteiger partial charge in [-0.3, -0.25) is 9.59 Å². The van der Waals surface area contributed by atoms with Crippen molar-refractivity contribution >= 4 is 28.3 Å². The normalized spacial score (nSPS) is 13.8. The van der Waals surface area contributed by atoms with E-state index in [1.807, 2.05) is 17.0 Å². The largest absolute Gasteiger partial charge is 0.493 e. The van der Waals surface area contributed by atoms with Gasteiger partial charge in [-0.25, -0.2) is 4.98 Å². The number of aromatic nitrogens is 1. The van der Waals surface area contributed by atoms with E-state index in [9.17, 15) is 9.59 Å². The second-order valence-corrected chi connectivity index (χ2v) is 9.64. The molecule has 1 aromatic carbocycles. The van der Waals surface area contributed by atoms with Crippen molar-refractivity contribution in [2.45, 2.75) is 73.1 Å². The lowest BCUT2D eigenvalue weighted by atomic mass is 9.99. The Balaban J connectivity index is 0.00000122. The molecule has 2 amide bonds. The number of rotatable bonds is 8. The molecular weight excluding hydrogens is 434 g/mol. The van der Waals surface area contributed by atoms with Crippen molar-refractivity contribution in [1.29, 1.82) is 0 Å². The summed E-state index contributed by atoms with van der Waals surface area (Å²) in [5.74, 6) is 1.72. The zero-order valence-electron chi connectivity index (χ0n) is 20.8. The number of benzene rings is 1. The second-order valence-electron chi connectivity index (χ2n) is 8.61. The van der Waals surface area contributed by atoms with Crippen molar-refractivity contribution in [3.8, 4) is 16.2 Å². The van der Waals surface area contributed by atoms with E-state index in [2.05, 4.69) is 44.1 Å². The van der Waals surface area contributed by atoms with E-state index >= 15 is 0 Å². The van der Waals surface area contributed by atoms with Gasteiger partial charge in [0, 0.05) is 32.6 Å². The van der Waals surface area contributed by atoms with Crippen molar-refractivity contribution in [2.75, 3.05) is 25.0 Å². The fourth-order valence-electron chi connectivity index (χ4n) is 3.59. The van der Waals surface area contributed by atoms with E-state index in [1.54, 1.807) is 6.20 Å². The Bertz CT molecular complexity index is 889. The summed E-state index contributed by atoms with van der Waals surface area (Å²) in [5, 5.41) is 3.32. The van der Waals surface area contributed by atoms with Crippen LogP contribution in [0.25, 0.3) is 10.4 Å². The van der Waals surface area contributed by atoms with E-state index in [0.29, 0.717) is 18.2 Å². The molecule has 2 heterocycles. The summed E-state index contributed by atoms with van der Waals surface area (Å²) in [7, 11) is 0. The van der Waals surface area contributed by atoms with Crippen LogP contribution in [-0.4, -0.2) is 41.4 Å². The minimum absolute atomic E-state index is 0.123. The molecule has 0 unspecified atom stereocenters. The van der Waals surface area contributed by atoms with E-state index in [0.717, 1.165) is 66.4 Å². The number of hydrogen-bond acceptors (Lipinski definition) is 5. The number of anilines is 1. The summed E-state index contributed by atoms with van der Waals surface area (Å²) in [6, 6.07) is 6.11. The number of hydrogen-bond donors (Lipinski definition) is 1. The van der Waals surface area contributed by atoms with Gasteiger partial charge in [0.1, 0.15) is 5.75 Å². The van der Waals surface area contributed by atoms with Crippen LogP contribution >= 0.6 is 11.3 Å². The highest BCUT2D eigenvalue weighted by molar-refractivity contribution is 7.19. The van der Waals surface area contributed by atoms with Crippen molar-refractivity contribution in [2.24, 2.45) is 5.92 Å². The number of likely N-dealkylation sites (tertiary alicyclic amines) is 1. The number of piperidine rings is 1. The topological polar surface area (TPSA) is 71.5 Å². The molecule has 0 radical (unpaired) electrons. The summed E-state index contributed by atoms with van der Waals surface area (Å²) >= 11 is 1.45. The Morgan fingerprint density at radius 3 is 2.55 bits per heavy atom. The highest BCUT2D eigenvalue weighted by atomic mass is 32.1. The Morgan fingerprint density at radius 1 is 1.21 bits per heavy atom. The third kappa shape index (κ3) is 8.80. The van der Waals surface area contributed by atoms with Crippen LogP contribution < -0.4 is 10.1 Å². The van der Waals surface area contributed by atoms with Crippen molar-refractivity contribution < 1.29 is 14.3 Å². The first-order chi connectivity index (χ1) is 15.9. The predicted molar refractivity (Wildman–Crippen MR) is 137 cm³/mol. The fraction of sp³-hybridized carbons (Fsp3) is 0.577. The standard InChI is InChI=1S/C23H31N3O3S.C3H8/c1-4-18-14-19(21-15-24-23(30-21)25-17(3)27)7-8-20(18)29-13-5-6-22(28)26-11-9-16(2)10-12-26;1-3-2/h7-8,14-16H,4-6,9-13H2,1-3H3,(H,24,25,27);3H2,1-2H3. The van der Waals surface area contributed by atoms with Gasteiger partial charge in [0.25, 0.3) is 0 Å². The number of nitrogens with zero attached hydrogens (tertiary/aromatic N) is 2. The molecule has 6 nitrogen and oxygen atoms in total. The van der Waals surface area contributed by atoms with E-state index < -0.39 is 0 Å². The van der Waals surface area contributed by atoms with Crippen LogP contribution in [-0.2, 0) is 16.0 Å². The number of aryl methyl sites for hydroxylation is 1. The van der Waals surface area contributed by atoms with Crippen LogP contribution in [0, 0.1) is 5.92 Å². The summed E-state index contributed by atoms with van der Waals surface area (Å²) < 4.78 is 5.99. The Labute approximate surface area is 202 Å². The Kier molecular flexibility index (Phi) is 11.4. The monoisotopic (exact) mass is 473 g/mol. The van der Waals surface area contributed by atoms with Crippen molar-refractivity contribution in [1.82, 2.24) is 9.88 Å². The van der Waals surface area contributed by atoms with Gasteiger partial charge in [-0.15, -0.1) is 0 Å². The zero-order valence-corrected chi connectivity index (χ0v) is 21.6. The molecule has 3 rings (SSSR count). The number of thiazole rings is 1. The molecule has 0 aliphatic carbocycles. The molecule has 182 valence electrons. The fourth-order valence-corrected chi connectivity index (χ4v) is 4.45. The highest BCUT2D eigenvalue weighted by Gasteiger charge is 2.19. The summed E-state index contributed by atoms with van der Waals surface area (Å²) in [4.78, 5) is 30.8. The lowest BCUT2D eigenvalue weighted by Crippen LogP contribution is -2.37. The maximum absolute atomic E-state index is 12.3. The lowest BCUT2D eigenvalue weighted by molar-refractivity contribution is -0.132. The number of amides is 2. The summed E-state index contributed by atoms with van der Waals surface area (Å²) in [6.45, 7) is 12.4. The van der Waals surface area contributed by atoms with Gasteiger partial charge in [0.05, 0.1) is 11.5 Å². The average Bonchev–Trinajstić information content (AvgIpc) is 3.25.